The largest absolute Gasteiger partial charge is 0.472 e. The molecule has 0 aromatic rings. The van der Waals surface area contributed by atoms with E-state index in [4.69, 9.17) is 5.11 Å². The van der Waals surface area contributed by atoms with E-state index >= 15 is 0 Å². The lowest BCUT2D eigenvalue weighted by molar-refractivity contribution is -0.130. The van der Waals surface area contributed by atoms with Crippen molar-refractivity contribution in [2.75, 3.05) is 0 Å². The smallest absolute Gasteiger partial charge is 0.382 e. The zero-order valence-electron chi connectivity index (χ0n) is 13.4. The fraction of sp³-hybridized carbons (Fsp3) is 0.550. The molecule has 0 aliphatic carbocycles. The highest BCUT2D eigenvalue weighted by atomic mass is 16.4. The van der Waals surface area contributed by atoms with Crippen LogP contribution in [0.1, 0.15) is 71.1 Å². The van der Waals surface area contributed by atoms with Gasteiger partial charge in [-0.15, -0.1) is 0 Å². The average Bonchev–Trinajstić information content (AvgIpc) is 2.50. The van der Waals surface area contributed by atoms with Gasteiger partial charge in [0.25, 0.3) is 0 Å². The minimum atomic E-state index is -1.19. The molecule has 2 heteroatoms. The van der Waals surface area contributed by atoms with Crippen LogP contribution in [0.25, 0.3) is 0 Å². The predicted molar refractivity (Wildman–Crippen MR) is 90.6 cm³/mol. The predicted octanol–water partition coefficient (Wildman–Crippen LogP) is 4.01. The first-order chi connectivity index (χ1) is 10.8. The van der Waals surface area contributed by atoms with Crippen molar-refractivity contribution in [2.45, 2.75) is 71.1 Å². The summed E-state index contributed by atoms with van der Waals surface area (Å²) in [5, 5.41) is 8.24. The fourth-order valence-electron chi connectivity index (χ4n) is 1.84. The molecule has 0 heterocycles. The van der Waals surface area contributed by atoms with Crippen LogP contribution < -0.4 is 0 Å². The van der Waals surface area contributed by atoms with Gasteiger partial charge in [0.1, 0.15) is 0 Å². The number of aliphatic carboxylic acids is 1. The molecule has 0 saturated carbocycles. The fourth-order valence-corrected chi connectivity index (χ4v) is 1.84. The molecule has 116 valence electrons. The Balaban J connectivity index is 3.51. The second kappa shape index (κ2) is 16.8. The molecule has 0 atom stereocenters. The molecule has 0 spiro atoms. The van der Waals surface area contributed by atoms with Crippen molar-refractivity contribution in [1.82, 2.24) is 0 Å². The summed E-state index contributed by atoms with van der Waals surface area (Å²) in [4.78, 5) is 10.1. The summed E-state index contributed by atoms with van der Waals surface area (Å²) in [6.45, 7) is 2.24. The molecule has 2 nitrogen and oxygen atoms in total. The first kappa shape index (κ1) is 19.7. The molecule has 0 rings (SSSR count). The zero-order valence-corrected chi connectivity index (χ0v) is 13.4. The highest BCUT2D eigenvalue weighted by Gasteiger charge is 1.90. The maximum atomic E-state index is 10.1. The first-order valence-corrected chi connectivity index (χ1v) is 7.99. The Bertz CT molecular complexity index is 541. The molecule has 0 saturated heterocycles. The monoisotopic (exact) mass is 296 g/mol. The summed E-state index contributed by atoms with van der Waals surface area (Å²) in [5.41, 5.74) is 0. The summed E-state index contributed by atoms with van der Waals surface area (Å²) in [5.74, 6) is 18.5. The molecule has 0 unspecified atom stereocenters. The Morgan fingerprint density at radius 2 is 1.23 bits per heavy atom. The van der Waals surface area contributed by atoms with Gasteiger partial charge < -0.3 is 5.11 Å². The molecule has 0 fully saturated rings. The van der Waals surface area contributed by atoms with Crippen LogP contribution >= 0.6 is 0 Å². The third kappa shape index (κ3) is 17.7. The lowest BCUT2D eigenvalue weighted by Gasteiger charge is -1.99. The van der Waals surface area contributed by atoms with Crippen LogP contribution in [-0.4, -0.2) is 11.1 Å². The Labute approximate surface area is 135 Å². The Kier molecular flexibility index (Phi) is 15.0. The molecule has 0 aromatic carbocycles. The van der Waals surface area contributed by atoms with Gasteiger partial charge in [0.15, 0.2) is 0 Å². The van der Waals surface area contributed by atoms with E-state index in [9.17, 15) is 4.79 Å². The van der Waals surface area contributed by atoms with Crippen molar-refractivity contribution in [2.24, 2.45) is 0 Å². The number of carbonyl (C=O) groups is 1. The molecule has 22 heavy (non-hydrogen) atoms. The van der Waals surface area contributed by atoms with E-state index in [1.807, 2.05) is 5.92 Å². The van der Waals surface area contributed by atoms with Gasteiger partial charge in [0, 0.05) is 12.3 Å². The number of hydrogen-bond acceptors (Lipinski definition) is 1. The topological polar surface area (TPSA) is 37.3 Å². The third-order valence-corrected chi connectivity index (χ3v) is 2.98. The van der Waals surface area contributed by atoms with Gasteiger partial charge in [-0.2, -0.15) is 0 Å². The van der Waals surface area contributed by atoms with Gasteiger partial charge in [0.2, 0.25) is 0 Å². The summed E-state index contributed by atoms with van der Waals surface area (Å²) in [6.07, 6.45) is 12.7. The second-order valence-electron chi connectivity index (χ2n) is 4.94. The van der Waals surface area contributed by atoms with Gasteiger partial charge in [-0.3, -0.25) is 0 Å². The quantitative estimate of drug-likeness (QED) is 0.515. The van der Waals surface area contributed by atoms with Crippen LogP contribution in [0.5, 0.6) is 0 Å². The lowest BCUT2D eigenvalue weighted by Crippen LogP contribution is -1.85. The normalized spacial score (nSPS) is 8.05. The molecular weight excluding hydrogens is 272 g/mol. The van der Waals surface area contributed by atoms with E-state index in [-0.39, 0.29) is 0 Å². The molecule has 1 N–H and O–H groups in total. The van der Waals surface area contributed by atoms with Crippen LogP contribution in [0, 0.1) is 47.4 Å². The van der Waals surface area contributed by atoms with E-state index in [2.05, 4.69) is 48.4 Å². The third-order valence-electron chi connectivity index (χ3n) is 2.98. The van der Waals surface area contributed by atoms with E-state index < -0.39 is 5.97 Å². The first-order valence-electron chi connectivity index (χ1n) is 7.99. The number of hydrogen-bond donors (Lipinski definition) is 1. The van der Waals surface area contributed by atoms with Crippen LogP contribution in [0.3, 0.4) is 0 Å². The zero-order chi connectivity index (χ0) is 16.3. The minimum absolute atomic E-state index is 0.872. The van der Waals surface area contributed by atoms with E-state index in [0.717, 1.165) is 12.8 Å². The molecule has 0 aliphatic heterocycles. The van der Waals surface area contributed by atoms with Crippen molar-refractivity contribution < 1.29 is 9.90 Å². The molecule has 0 radical (unpaired) electrons. The second-order valence-corrected chi connectivity index (χ2v) is 4.94. The Hall–Kier alpha value is -2.29. The van der Waals surface area contributed by atoms with Crippen molar-refractivity contribution >= 4 is 5.97 Å². The molecular formula is C20H24O2. The minimum Gasteiger partial charge on any atom is -0.472 e. The van der Waals surface area contributed by atoms with Gasteiger partial charge in [-0.25, -0.2) is 4.79 Å². The summed E-state index contributed by atoms with van der Waals surface area (Å²) in [7, 11) is 0. The van der Waals surface area contributed by atoms with Crippen LogP contribution in [0.4, 0.5) is 0 Å². The maximum Gasteiger partial charge on any atom is 0.382 e. The molecule has 0 bridgehead atoms. The average molecular weight is 296 g/mol. The standard InChI is InChI=1S/C20H24O2/c1-2-3-4-5-6-7-8-9-10-11-12-13-14-15-16-17-18-19-20(21)22/h2-11H2,1H3,(H,21,22). The molecule has 0 amide bonds. The number of unbranched alkanes of at least 4 members (excludes halogenated alkanes) is 9. The molecule has 0 aromatic heterocycles. The Morgan fingerprint density at radius 1 is 0.727 bits per heavy atom. The SMILES string of the molecule is CCCCCCCCCCCC#CC#CC#CC#CC(=O)O. The number of rotatable bonds is 9. The maximum absolute atomic E-state index is 10.1. The lowest BCUT2D eigenvalue weighted by atomic mass is 10.1. The number of carboxylic acid groups (broad SMARTS) is 1. The molecule has 0 aliphatic rings. The van der Waals surface area contributed by atoms with Crippen molar-refractivity contribution in [1.29, 1.82) is 0 Å². The summed E-state index contributed by atoms with van der Waals surface area (Å²) < 4.78 is 0. The summed E-state index contributed by atoms with van der Waals surface area (Å²) in [6, 6.07) is 0. The Morgan fingerprint density at radius 3 is 1.82 bits per heavy atom. The van der Waals surface area contributed by atoms with Crippen LogP contribution in [0.2, 0.25) is 0 Å². The van der Waals surface area contributed by atoms with Gasteiger partial charge >= 0.3 is 5.97 Å². The number of carboxylic acids is 1. The van der Waals surface area contributed by atoms with E-state index in [1.54, 1.807) is 0 Å². The van der Waals surface area contributed by atoms with Gasteiger partial charge in [-0.05, 0) is 41.9 Å². The highest BCUT2D eigenvalue weighted by Crippen LogP contribution is 2.09. The van der Waals surface area contributed by atoms with E-state index in [0.29, 0.717) is 0 Å². The van der Waals surface area contributed by atoms with Gasteiger partial charge in [-0.1, -0.05) is 64.2 Å². The van der Waals surface area contributed by atoms with Crippen molar-refractivity contribution in [3.05, 3.63) is 0 Å². The summed E-state index contributed by atoms with van der Waals surface area (Å²) >= 11 is 0. The van der Waals surface area contributed by atoms with Gasteiger partial charge in [0.05, 0.1) is 0 Å². The van der Waals surface area contributed by atoms with E-state index in [1.165, 1.54) is 51.4 Å². The van der Waals surface area contributed by atoms with Crippen molar-refractivity contribution in [3.8, 4) is 47.4 Å². The van der Waals surface area contributed by atoms with Crippen LogP contribution in [-0.2, 0) is 4.79 Å². The van der Waals surface area contributed by atoms with Crippen LogP contribution in [0.15, 0.2) is 0 Å². The van der Waals surface area contributed by atoms with Crippen molar-refractivity contribution in [3.63, 3.8) is 0 Å². The highest BCUT2D eigenvalue weighted by molar-refractivity contribution is 5.87.